The second-order valence-electron chi connectivity index (χ2n) is 7.09. The number of sulfonamides is 1. The summed E-state index contributed by atoms with van der Waals surface area (Å²) < 4.78 is 31.2. The van der Waals surface area contributed by atoms with Crippen molar-refractivity contribution < 1.29 is 22.8 Å². The maximum atomic E-state index is 13.2. The van der Waals surface area contributed by atoms with Gasteiger partial charge in [-0.15, -0.1) is 0 Å². The molecular weight excluding hydrogens is 428 g/mol. The molecule has 3 rings (SSSR count). The summed E-state index contributed by atoms with van der Waals surface area (Å²) in [7, 11) is 0.161. The summed E-state index contributed by atoms with van der Waals surface area (Å²) in [6.07, 6.45) is 2.48. The van der Waals surface area contributed by atoms with Crippen LogP contribution in [0.2, 0.25) is 5.02 Å². The van der Waals surface area contributed by atoms with Crippen molar-refractivity contribution in [1.82, 2.24) is 9.37 Å². The molecule has 9 heteroatoms. The number of benzene rings is 2. The normalized spacial score (nSPS) is 16.8. The second kappa shape index (κ2) is 9.34. The first-order valence-corrected chi connectivity index (χ1v) is 11.4. The highest BCUT2D eigenvalue weighted by Crippen LogP contribution is 2.29. The van der Waals surface area contributed by atoms with Crippen LogP contribution in [0.1, 0.15) is 28.8 Å². The van der Waals surface area contributed by atoms with Gasteiger partial charge < -0.3 is 9.64 Å². The molecule has 1 unspecified atom stereocenters. The number of hydroxylamine groups is 1. The zero-order valence-electron chi connectivity index (χ0n) is 17.2. The first kappa shape index (κ1) is 22.6. The SMILES string of the molecule is COc1cccc(CC2CCCN2C(=O)c2ccc(Cl)c(S(=O)(=O)N(C)OC)c2)c1. The Kier molecular flexibility index (Phi) is 7.02. The zero-order chi connectivity index (χ0) is 21.9. The zero-order valence-corrected chi connectivity index (χ0v) is 18.7. The Labute approximate surface area is 182 Å². The van der Waals surface area contributed by atoms with Gasteiger partial charge in [0.1, 0.15) is 10.6 Å². The first-order valence-electron chi connectivity index (χ1n) is 9.54. The number of rotatable bonds is 7. The van der Waals surface area contributed by atoms with E-state index in [0.717, 1.165) is 24.2 Å². The number of carbonyl (C=O) groups excluding carboxylic acids is 1. The molecule has 1 fully saturated rings. The molecule has 2 aromatic rings. The minimum atomic E-state index is -3.97. The van der Waals surface area contributed by atoms with Gasteiger partial charge in [-0.3, -0.25) is 9.63 Å². The Bertz CT molecular complexity index is 1030. The van der Waals surface area contributed by atoms with Crippen molar-refractivity contribution in [3.63, 3.8) is 0 Å². The molecule has 0 aliphatic carbocycles. The van der Waals surface area contributed by atoms with Crippen molar-refractivity contribution in [2.24, 2.45) is 0 Å². The molecule has 7 nitrogen and oxygen atoms in total. The third-order valence-corrected chi connectivity index (χ3v) is 7.46. The average molecular weight is 453 g/mol. The van der Waals surface area contributed by atoms with E-state index in [0.29, 0.717) is 17.4 Å². The lowest BCUT2D eigenvalue weighted by Gasteiger charge is -2.25. The topological polar surface area (TPSA) is 76.2 Å². The molecule has 1 saturated heterocycles. The number of amides is 1. The molecule has 1 atom stereocenters. The van der Waals surface area contributed by atoms with Crippen LogP contribution in [0.15, 0.2) is 47.4 Å². The van der Waals surface area contributed by atoms with Crippen LogP contribution < -0.4 is 4.74 Å². The van der Waals surface area contributed by atoms with Crippen LogP contribution in [0.25, 0.3) is 0 Å². The Morgan fingerprint density at radius 3 is 2.70 bits per heavy atom. The second-order valence-corrected chi connectivity index (χ2v) is 9.40. The van der Waals surface area contributed by atoms with E-state index in [1.807, 2.05) is 24.3 Å². The molecule has 162 valence electrons. The van der Waals surface area contributed by atoms with E-state index in [9.17, 15) is 13.2 Å². The van der Waals surface area contributed by atoms with Crippen molar-refractivity contribution in [3.8, 4) is 5.75 Å². The average Bonchev–Trinajstić information content (AvgIpc) is 3.20. The molecule has 2 aromatic carbocycles. The van der Waals surface area contributed by atoms with E-state index in [4.69, 9.17) is 21.2 Å². The minimum absolute atomic E-state index is 0.0296. The van der Waals surface area contributed by atoms with Crippen LogP contribution >= 0.6 is 11.6 Å². The Hall–Kier alpha value is -2.13. The van der Waals surface area contributed by atoms with Crippen molar-refractivity contribution in [3.05, 3.63) is 58.6 Å². The van der Waals surface area contributed by atoms with Gasteiger partial charge in [-0.05, 0) is 55.2 Å². The van der Waals surface area contributed by atoms with Gasteiger partial charge in [0.2, 0.25) is 0 Å². The summed E-state index contributed by atoms with van der Waals surface area (Å²) in [4.78, 5) is 19.7. The summed E-state index contributed by atoms with van der Waals surface area (Å²) in [6, 6.07) is 12.1. The van der Waals surface area contributed by atoms with Crippen LogP contribution in [0, 0.1) is 0 Å². The molecule has 0 spiro atoms. The van der Waals surface area contributed by atoms with Gasteiger partial charge in [-0.1, -0.05) is 28.2 Å². The highest BCUT2D eigenvalue weighted by Gasteiger charge is 2.31. The highest BCUT2D eigenvalue weighted by molar-refractivity contribution is 7.89. The van der Waals surface area contributed by atoms with E-state index in [-0.39, 0.29) is 27.4 Å². The molecule has 0 radical (unpaired) electrons. The molecule has 1 heterocycles. The van der Waals surface area contributed by atoms with E-state index in [2.05, 4.69) is 0 Å². The number of likely N-dealkylation sites (tertiary alicyclic amines) is 1. The standard InChI is InChI=1S/C21H25ClN2O5S/c1-23(29-3)30(26,27)20-14-16(9-10-19(20)22)21(25)24-11-5-7-17(24)12-15-6-4-8-18(13-15)28-2/h4,6,8-10,13-14,17H,5,7,11-12H2,1-3H3. The first-order chi connectivity index (χ1) is 14.3. The van der Waals surface area contributed by atoms with Gasteiger partial charge >= 0.3 is 0 Å². The van der Waals surface area contributed by atoms with Gasteiger partial charge in [0.15, 0.2) is 0 Å². The molecule has 1 aliphatic rings. The number of hydrogen-bond acceptors (Lipinski definition) is 5. The lowest BCUT2D eigenvalue weighted by Crippen LogP contribution is -2.37. The summed E-state index contributed by atoms with van der Waals surface area (Å²) in [5, 5.41) is 0.0322. The number of halogens is 1. The smallest absolute Gasteiger partial charge is 0.266 e. The monoisotopic (exact) mass is 452 g/mol. The fourth-order valence-corrected chi connectivity index (χ4v) is 5.10. The summed E-state index contributed by atoms with van der Waals surface area (Å²) in [5.74, 6) is 0.562. The Balaban J connectivity index is 1.85. The van der Waals surface area contributed by atoms with Crippen LogP contribution in [0.3, 0.4) is 0 Å². The number of nitrogens with zero attached hydrogens (tertiary/aromatic N) is 2. The molecular formula is C21H25ClN2O5S. The van der Waals surface area contributed by atoms with Gasteiger partial charge in [0.25, 0.3) is 15.9 Å². The molecule has 1 aliphatic heterocycles. The van der Waals surface area contributed by atoms with Gasteiger partial charge in [-0.2, -0.15) is 0 Å². The predicted molar refractivity (Wildman–Crippen MR) is 114 cm³/mol. The lowest BCUT2D eigenvalue weighted by atomic mass is 10.0. The van der Waals surface area contributed by atoms with E-state index < -0.39 is 10.0 Å². The number of methoxy groups -OCH3 is 1. The molecule has 1 amide bonds. The van der Waals surface area contributed by atoms with Crippen molar-refractivity contribution >= 4 is 27.5 Å². The largest absolute Gasteiger partial charge is 0.497 e. The third kappa shape index (κ3) is 4.62. The lowest BCUT2D eigenvalue weighted by molar-refractivity contribution is -0.0258. The Morgan fingerprint density at radius 2 is 2.00 bits per heavy atom. The molecule has 30 heavy (non-hydrogen) atoms. The third-order valence-electron chi connectivity index (χ3n) is 5.30. The quantitative estimate of drug-likeness (QED) is 0.602. The fourth-order valence-electron chi connectivity index (χ4n) is 3.62. The Morgan fingerprint density at radius 1 is 1.23 bits per heavy atom. The van der Waals surface area contributed by atoms with E-state index >= 15 is 0 Å². The molecule has 0 N–H and O–H groups in total. The summed E-state index contributed by atoms with van der Waals surface area (Å²) >= 11 is 6.11. The number of ether oxygens (including phenoxy) is 1. The molecule has 0 saturated carbocycles. The minimum Gasteiger partial charge on any atom is -0.497 e. The van der Waals surface area contributed by atoms with Crippen molar-refractivity contribution in [2.45, 2.75) is 30.2 Å². The number of hydrogen-bond donors (Lipinski definition) is 0. The van der Waals surface area contributed by atoms with Crippen molar-refractivity contribution in [1.29, 1.82) is 0 Å². The van der Waals surface area contributed by atoms with Crippen LogP contribution in [-0.4, -0.2) is 57.5 Å². The molecule has 0 aromatic heterocycles. The van der Waals surface area contributed by atoms with E-state index in [1.165, 1.54) is 26.3 Å². The van der Waals surface area contributed by atoms with Gasteiger partial charge in [-0.25, -0.2) is 8.42 Å². The van der Waals surface area contributed by atoms with Gasteiger partial charge in [0, 0.05) is 25.2 Å². The van der Waals surface area contributed by atoms with Crippen molar-refractivity contribution in [2.75, 3.05) is 27.8 Å². The fraction of sp³-hybridized carbons (Fsp3) is 0.381. The van der Waals surface area contributed by atoms with Crippen LogP contribution in [0.4, 0.5) is 0 Å². The maximum Gasteiger partial charge on any atom is 0.266 e. The van der Waals surface area contributed by atoms with E-state index in [1.54, 1.807) is 18.1 Å². The highest BCUT2D eigenvalue weighted by atomic mass is 35.5. The van der Waals surface area contributed by atoms with Crippen LogP contribution in [0.5, 0.6) is 5.75 Å². The predicted octanol–water partition coefficient (Wildman–Crippen LogP) is 3.38. The number of carbonyl (C=O) groups is 1. The maximum absolute atomic E-state index is 13.2. The summed E-state index contributed by atoms with van der Waals surface area (Å²) in [6.45, 7) is 0.621. The van der Waals surface area contributed by atoms with Gasteiger partial charge in [0.05, 0.1) is 19.2 Å². The summed E-state index contributed by atoms with van der Waals surface area (Å²) in [5.41, 5.74) is 1.36. The molecule has 0 bridgehead atoms. The van der Waals surface area contributed by atoms with Crippen LogP contribution in [-0.2, 0) is 21.3 Å².